The summed E-state index contributed by atoms with van der Waals surface area (Å²) in [6.07, 6.45) is 2.10. The van der Waals surface area contributed by atoms with E-state index in [4.69, 9.17) is 4.74 Å². The summed E-state index contributed by atoms with van der Waals surface area (Å²) in [6, 6.07) is 5.17. The van der Waals surface area contributed by atoms with Crippen LogP contribution in [0.3, 0.4) is 0 Å². The average molecular weight is 451 g/mol. The van der Waals surface area contributed by atoms with Crippen molar-refractivity contribution in [3.8, 4) is 0 Å². The number of alkyl halides is 3. The van der Waals surface area contributed by atoms with Crippen LogP contribution in [0.2, 0.25) is 0 Å². The molecule has 1 saturated carbocycles. The molecule has 9 heteroatoms. The Morgan fingerprint density at radius 3 is 2.50 bits per heavy atom. The van der Waals surface area contributed by atoms with Crippen LogP contribution in [0, 0.1) is 5.92 Å². The molecule has 1 amide bonds. The van der Waals surface area contributed by atoms with Gasteiger partial charge in [0.05, 0.1) is 25.3 Å². The number of halogens is 3. The number of nitrogens with zero attached hydrogens (tertiary/aromatic N) is 4. The van der Waals surface area contributed by atoms with Gasteiger partial charge in [-0.3, -0.25) is 9.69 Å². The molecule has 1 aromatic carbocycles. The molecule has 1 aliphatic heterocycles. The highest BCUT2D eigenvalue weighted by Crippen LogP contribution is 2.30. The highest BCUT2D eigenvalue weighted by Gasteiger charge is 2.31. The molecule has 2 aromatic rings. The third-order valence-corrected chi connectivity index (χ3v) is 6.32. The Labute approximate surface area is 186 Å². The lowest BCUT2D eigenvalue weighted by Gasteiger charge is -2.34. The maximum absolute atomic E-state index is 13.1. The Bertz CT molecular complexity index is 887. The molecule has 1 aliphatic carbocycles. The number of benzene rings is 1. The normalized spacial score (nSPS) is 17.8. The molecular weight excluding hydrogens is 421 g/mol. The van der Waals surface area contributed by atoms with Crippen LogP contribution in [-0.2, 0) is 28.8 Å². The van der Waals surface area contributed by atoms with E-state index in [-0.39, 0.29) is 11.8 Å². The summed E-state index contributed by atoms with van der Waals surface area (Å²) in [5.41, 5.74) is 0.0925. The van der Waals surface area contributed by atoms with Gasteiger partial charge in [0.25, 0.3) is 0 Å². The third kappa shape index (κ3) is 5.69. The van der Waals surface area contributed by atoms with E-state index in [1.54, 1.807) is 12.4 Å². The van der Waals surface area contributed by atoms with E-state index < -0.39 is 11.7 Å². The second-order valence-electron chi connectivity index (χ2n) is 8.51. The molecule has 2 fully saturated rings. The van der Waals surface area contributed by atoms with Crippen LogP contribution < -0.4 is 0 Å². The minimum absolute atomic E-state index is 0.0954. The summed E-state index contributed by atoms with van der Waals surface area (Å²) in [5.74, 6) is 1.01. The van der Waals surface area contributed by atoms with Gasteiger partial charge in [0.2, 0.25) is 5.91 Å². The van der Waals surface area contributed by atoms with Crippen LogP contribution >= 0.6 is 0 Å². The largest absolute Gasteiger partial charge is 0.416 e. The number of carbonyl (C=O) groups is 1. The lowest BCUT2D eigenvalue weighted by atomic mass is 9.84. The summed E-state index contributed by atoms with van der Waals surface area (Å²) < 4.78 is 45.8. The fourth-order valence-corrected chi connectivity index (χ4v) is 4.07. The van der Waals surface area contributed by atoms with Crippen molar-refractivity contribution in [1.29, 1.82) is 0 Å². The van der Waals surface area contributed by atoms with Crippen LogP contribution in [0.25, 0.3) is 0 Å². The monoisotopic (exact) mass is 450 g/mol. The zero-order valence-electron chi connectivity index (χ0n) is 18.1. The van der Waals surface area contributed by atoms with Crippen molar-refractivity contribution in [3.05, 3.63) is 53.6 Å². The fourth-order valence-electron chi connectivity index (χ4n) is 4.07. The average Bonchev–Trinajstić information content (AvgIpc) is 3.16. The van der Waals surface area contributed by atoms with Crippen molar-refractivity contribution >= 4 is 5.91 Å². The van der Waals surface area contributed by atoms with E-state index in [1.165, 1.54) is 12.1 Å². The molecule has 6 nitrogen and oxygen atoms in total. The molecule has 2 aliphatic rings. The van der Waals surface area contributed by atoms with Gasteiger partial charge in [0.1, 0.15) is 5.82 Å². The van der Waals surface area contributed by atoms with Gasteiger partial charge >= 0.3 is 6.18 Å². The Morgan fingerprint density at radius 2 is 1.88 bits per heavy atom. The van der Waals surface area contributed by atoms with Crippen LogP contribution in [-0.4, -0.2) is 64.7 Å². The number of morpholine rings is 1. The predicted octanol–water partition coefficient (Wildman–Crippen LogP) is 3.41. The van der Waals surface area contributed by atoms with Crippen LogP contribution in [0.15, 0.2) is 36.7 Å². The van der Waals surface area contributed by atoms with Crippen molar-refractivity contribution in [2.24, 2.45) is 5.92 Å². The standard InChI is InChI=1S/C23H29F3N4O2/c24-23(25,26)20-6-4-18(5-7-20)16-29-9-8-27-21(29)17-30(22(31)19-2-1-3-19)11-10-28-12-14-32-15-13-28/h4-9,19H,1-3,10-17H2. The van der Waals surface area contributed by atoms with Gasteiger partial charge in [-0.05, 0) is 30.5 Å². The Kier molecular flexibility index (Phi) is 7.15. The first kappa shape index (κ1) is 22.8. The van der Waals surface area contributed by atoms with Crippen molar-refractivity contribution < 1.29 is 22.7 Å². The van der Waals surface area contributed by atoms with Crippen molar-refractivity contribution in [2.75, 3.05) is 39.4 Å². The second kappa shape index (κ2) is 10.0. The second-order valence-corrected chi connectivity index (χ2v) is 8.51. The smallest absolute Gasteiger partial charge is 0.379 e. The van der Waals surface area contributed by atoms with E-state index in [2.05, 4.69) is 9.88 Å². The molecular formula is C23H29F3N4O2. The van der Waals surface area contributed by atoms with E-state index >= 15 is 0 Å². The zero-order chi connectivity index (χ0) is 22.6. The molecule has 0 N–H and O–H groups in total. The van der Waals surface area contributed by atoms with Gasteiger partial charge in [0, 0.05) is 51.0 Å². The maximum Gasteiger partial charge on any atom is 0.416 e. The van der Waals surface area contributed by atoms with E-state index in [1.807, 2.05) is 9.47 Å². The minimum Gasteiger partial charge on any atom is -0.379 e. The number of rotatable bonds is 8. The number of hydrogen-bond donors (Lipinski definition) is 0. The van der Waals surface area contributed by atoms with Crippen LogP contribution in [0.1, 0.15) is 36.2 Å². The first-order valence-corrected chi connectivity index (χ1v) is 11.1. The van der Waals surface area contributed by atoms with Gasteiger partial charge in [-0.2, -0.15) is 13.2 Å². The number of carbonyl (C=O) groups excluding carboxylic acids is 1. The number of hydrogen-bond acceptors (Lipinski definition) is 4. The number of ether oxygens (including phenoxy) is 1. The minimum atomic E-state index is -4.35. The van der Waals surface area contributed by atoms with Gasteiger partial charge in [0.15, 0.2) is 0 Å². The van der Waals surface area contributed by atoms with Gasteiger partial charge in [-0.25, -0.2) is 4.98 Å². The van der Waals surface area contributed by atoms with Crippen LogP contribution in [0.5, 0.6) is 0 Å². The van der Waals surface area contributed by atoms with Crippen molar-refractivity contribution in [1.82, 2.24) is 19.4 Å². The zero-order valence-corrected chi connectivity index (χ0v) is 18.1. The SMILES string of the molecule is O=C(C1CCC1)N(CCN1CCOCC1)Cc1nccn1Cc1ccc(C(F)(F)F)cc1. The number of amides is 1. The molecule has 1 aromatic heterocycles. The van der Waals surface area contributed by atoms with Crippen LogP contribution in [0.4, 0.5) is 13.2 Å². The molecule has 4 rings (SSSR count). The Hall–Kier alpha value is -2.39. The summed E-state index contributed by atoms with van der Waals surface area (Å²) in [6.45, 7) is 5.39. The molecule has 2 heterocycles. The van der Waals surface area contributed by atoms with E-state index in [0.717, 1.165) is 62.4 Å². The Balaban J connectivity index is 1.43. The maximum atomic E-state index is 13.1. The molecule has 0 bridgehead atoms. The number of imidazole rings is 1. The molecule has 0 radical (unpaired) electrons. The number of aromatic nitrogens is 2. The van der Waals surface area contributed by atoms with Gasteiger partial charge < -0.3 is 14.2 Å². The fraction of sp³-hybridized carbons (Fsp3) is 0.565. The summed E-state index contributed by atoms with van der Waals surface area (Å²) in [7, 11) is 0. The van der Waals surface area contributed by atoms with Crippen molar-refractivity contribution in [3.63, 3.8) is 0 Å². The summed E-state index contributed by atoms with van der Waals surface area (Å²) in [5, 5.41) is 0. The molecule has 0 atom stereocenters. The van der Waals surface area contributed by atoms with Gasteiger partial charge in [-0.15, -0.1) is 0 Å². The topological polar surface area (TPSA) is 50.6 Å². The van der Waals surface area contributed by atoms with Gasteiger partial charge in [-0.1, -0.05) is 18.6 Å². The lowest BCUT2D eigenvalue weighted by Crippen LogP contribution is -2.45. The predicted molar refractivity (Wildman–Crippen MR) is 113 cm³/mol. The highest BCUT2D eigenvalue weighted by molar-refractivity contribution is 5.79. The lowest BCUT2D eigenvalue weighted by molar-refractivity contribution is -0.139. The Morgan fingerprint density at radius 1 is 1.16 bits per heavy atom. The van der Waals surface area contributed by atoms with E-state index in [9.17, 15) is 18.0 Å². The van der Waals surface area contributed by atoms with E-state index in [0.29, 0.717) is 32.8 Å². The third-order valence-electron chi connectivity index (χ3n) is 6.32. The molecule has 0 unspecified atom stereocenters. The first-order valence-electron chi connectivity index (χ1n) is 11.1. The quantitative estimate of drug-likeness (QED) is 0.619. The molecule has 32 heavy (non-hydrogen) atoms. The molecule has 1 saturated heterocycles. The summed E-state index contributed by atoms with van der Waals surface area (Å²) >= 11 is 0. The molecule has 0 spiro atoms. The van der Waals surface area contributed by atoms with Crippen molar-refractivity contribution in [2.45, 2.75) is 38.5 Å². The first-order chi connectivity index (χ1) is 15.4. The summed E-state index contributed by atoms with van der Waals surface area (Å²) in [4.78, 5) is 21.7. The molecule has 174 valence electrons. The highest BCUT2D eigenvalue weighted by atomic mass is 19.4.